The minimum atomic E-state index is -0.197. The molecule has 0 spiro atoms. The third kappa shape index (κ3) is 2.15. The number of carbonyl (C=O) groups excluding carboxylic acids is 1. The Balaban J connectivity index is 2.43. The molecule has 1 aliphatic rings. The van der Waals surface area contributed by atoms with Gasteiger partial charge in [0.25, 0.3) is 0 Å². The van der Waals surface area contributed by atoms with E-state index in [1.54, 1.807) is 0 Å². The Bertz CT molecular complexity index is 159. The van der Waals surface area contributed by atoms with E-state index in [1.807, 2.05) is 6.92 Å². The summed E-state index contributed by atoms with van der Waals surface area (Å²) in [5.41, 5.74) is 0. The van der Waals surface area contributed by atoms with Crippen LogP contribution in [0.15, 0.2) is 12.7 Å². The molecule has 2 heteroatoms. The van der Waals surface area contributed by atoms with Crippen LogP contribution in [0.25, 0.3) is 0 Å². The van der Waals surface area contributed by atoms with Crippen LogP contribution in [-0.4, -0.2) is 18.5 Å². The van der Waals surface area contributed by atoms with Crippen molar-refractivity contribution in [1.29, 1.82) is 0 Å². The molecule has 0 aromatic heterocycles. The second kappa shape index (κ2) is 3.67. The summed E-state index contributed by atoms with van der Waals surface area (Å²) < 4.78 is 5.30. The van der Waals surface area contributed by atoms with E-state index in [0.717, 1.165) is 12.8 Å². The van der Waals surface area contributed by atoms with Crippen LogP contribution in [0.2, 0.25) is 0 Å². The SMILES string of the molecule is C=CC(=O)C(OCC)C1CC1. The van der Waals surface area contributed by atoms with Crippen LogP contribution in [0, 0.1) is 5.92 Å². The van der Waals surface area contributed by atoms with E-state index in [9.17, 15) is 4.79 Å². The van der Waals surface area contributed by atoms with Crippen molar-refractivity contribution >= 4 is 5.78 Å². The van der Waals surface area contributed by atoms with Gasteiger partial charge in [-0.05, 0) is 31.8 Å². The minimum Gasteiger partial charge on any atom is -0.370 e. The lowest BCUT2D eigenvalue weighted by atomic mass is 10.1. The number of rotatable bonds is 5. The Morgan fingerprint density at radius 2 is 2.45 bits per heavy atom. The highest BCUT2D eigenvalue weighted by Crippen LogP contribution is 2.34. The number of ketones is 1. The summed E-state index contributed by atoms with van der Waals surface area (Å²) in [4.78, 5) is 11.1. The summed E-state index contributed by atoms with van der Waals surface area (Å²) in [5, 5.41) is 0. The molecule has 2 nitrogen and oxygen atoms in total. The first-order valence-corrected chi connectivity index (χ1v) is 4.07. The summed E-state index contributed by atoms with van der Waals surface area (Å²) in [6.07, 6.45) is 3.42. The molecule has 1 fully saturated rings. The molecular formula is C9H14O2. The smallest absolute Gasteiger partial charge is 0.184 e. The highest BCUT2D eigenvalue weighted by Gasteiger charge is 2.35. The van der Waals surface area contributed by atoms with Crippen LogP contribution >= 0.6 is 0 Å². The number of carbonyl (C=O) groups is 1. The monoisotopic (exact) mass is 154 g/mol. The largest absolute Gasteiger partial charge is 0.370 e. The lowest BCUT2D eigenvalue weighted by Gasteiger charge is -2.11. The number of hydrogen-bond acceptors (Lipinski definition) is 2. The second-order valence-electron chi connectivity index (χ2n) is 2.82. The van der Waals surface area contributed by atoms with Crippen molar-refractivity contribution in [2.24, 2.45) is 5.92 Å². The number of hydrogen-bond donors (Lipinski definition) is 0. The van der Waals surface area contributed by atoms with Gasteiger partial charge in [0.05, 0.1) is 0 Å². The summed E-state index contributed by atoms with van der Waals surface area (Å²) in [5.74, 6) is 0.509. The van der Waals surface area contributed by atoms with Crippen LogP contribution in [0.3, 0.4) is 0 Å². The third-order valence-corrected chi connectivity index (χ3v) is 1.88. The molecule has 1 atom stereocenters. The molecule has 0 heterocycles. The molecule has 1 unspecified atom stereocenters. The van der Waals surface area contributed by atoms with E-state index in [2.05, 4.69) is 6.58 Å². The average Bonchev–Trinajstić information content (AvgIpc) is 2.81. The molecule has 0 aromatic carbocycles. The van der Waals surface area contributed by atoms with Gasteiger partial charge in [-0.1, -0.05) is 6.58 Å². The fraction of sp³-hybridized carbons (Fsp3) is 0.667. The first-order chi connectivity index (χ1) is 5.29. The molecule has 0 aromatic rings. The second-order valence-corrected chi connectivity index (χ2v) is 2.82. The van der Waals surface area contributed by atoms with E-state index in [1.165, 1.54) is 6.08 Å². The van der Waals surface area contributed by atoms with Crippen molar-refractivity contribution in [1.82, 2.24) is 0 Å². The highest BCUT2D eigenvalue weighted by atomic mass is 16.5. The van der Waals surface area contributed by atoms with E-state index in [-0.39, 0.29) is 11.9 Å². The maximum atomic E-state index is 11.1. The zero-order chi connectivity index (χ0) is 8.27. The average molecular weight is 154 g/mol. The van der Waals surface area contributed by atoms with Crippen LogP contribution in [-0.2, 0) is 9.53 Å². The van der Waals surface area contributed by atoms with Crippen LogP contribution in [0.4, 0.5) is 0 Å². The summed E-state index contributed by atoms with van der Waals surface area (Å²) in [7, 11) is 0. The molecule has 1 rings (SSSR count). The summed E-state index contributed by atoms with van der Waals surface area (Å²) in [6.45, 7) is 5.96. The minimum absolute atomic E-state index is 0.0364. The van der Waals surface area contributed by atoms with Gasteiger partial charge in [0, 0.05) is 6.61 Å². The van der Waals surface area contributed by atoms with Gasteiger partial charge in [-0.2, -0.15) is 0 Å². The van der Waals surface area contributed by atoms with E-state index >= 15 is 0 Å². The Kier molecular flexibility index (Phi) is 2.83. The molecule has 0 aliphatic heterocycles. The van der Waals surface area contributed by atoms with Crippen LogP contribution in [0.1, 0.15) is 19.8 Å². The summed E-state index contributed by atoms with van der Waals surface area (Å²) >= 11 is 0. The quantitative estimate of drug-likeness (QED) is 0.562. The molecule has 0 N–H and O–H groups in total. The van der Waals surface area contributed by atoms with Crippen molar-refractivity contribution in [3.8, 4) is 0 Å². The van der Waals surface area contributed by atoms with Crippen molar-refractivity contribution in [2.45, 2.75) is 25.9 Å². The zero-order valence-electron chi connectivity index (χ0n) is 6.88. The first kappa shape index (κ1) is 8.47. The van der Waals surface area contributed by atoms with Crippen LogP contribution in [0.5, 0.6) is 0 Å². The number of ether oxygens (including phenoxy) is 1. The van der Waals surface area contributed by atoms with Crippen molar-refractivity contribution in [3.05, 3.63) is 12.7 Å². The Labute approximate surface area is 67.2 Å². The van der Waals surface area contributed by atoms with Crippen molar-refractivity contribution in [2.75, 3.05) is 6.61 Å². The van der Waals surface area contributed by atoms with Gasteiger partial charge in [-0.15, -0.1) is 0 Å². The first-order valence-electron chi connectivity index (χ1n) is 4.07. The maximum absolute atomic E-state index is 11.1. The molecule has 0 saturated heterocycles. The lowest BCUT2D eigenvalue weighted by Crippen LogP contribution is -2.24. The van der Waals surface area contributed by atoms with Gasteiger partial charge < -0.3 is 4.74 Å². The van der Waals surface area contributed by atoms with Gasteiger partial charge in [0.2, 0.25) is 0 Å². The molecule has 0 amide bonds. The van der Waals surface area contributed by atoms with Crippen molar-refractivity contribution in [3.63, 3.8) is 0 Å². The predicted octanol–water partition coefficient (Wildman–Crippen LogP) is 1.56. The van der Waals surface area contributed by atoms with E-state index in [4.69, 9.17) is 4.74 Å². The van der Waals surface area contributed by atoms with E-state index in [0.29, 0.717) is 12.5 Å². The normalized spacial score (nSPS) is 19.4. The lowest BCUT2D eigenvalue weighted by molar-refractivity contribution is -0.126. The molecular weight excluding hydrogens is 140 g/mol. The van der Waals surface area contributed by atoms with Gasteiger partial charge in [0.15, 0.2) is 5.78 Å². The Morgan fingerprint density at radius 1 is 1.82 bits per heavy atom. The van der Waals surface area contributed by atoms with Gasteiger partial charge in [0.1, 0.15) is 6.10 Å². The molecule has 0 radical (unpaired) electrons. The topological polar surface area (TPSA) is 26.3 Å². The van der Waals surface area contributed by atoms with Crippen LogP contribution < -0.4 is 0 Å². The Morgan fingerprint density at radius 3 is 2.82 bits per heavy atom. The summed E-state index contributed by atoms with van der Waals surface area (Å²) in [6, 6.07) is 0. The fourth-order valence-corrected chi connectivity index (χ4v) is 1.15. The fourth-order valence-electron chi connectivity index (χ4n) is 1.15. The van der Waals surface area contributed by atoms with Gasteiger partial charge in [-0.25, -0.2) is 0 Å². The van der Waals surface area contributed by atoms with Crippen molar-refractivity contribution < 1.29 is 9.53 Å². The predicted molar refractivity (Wildman–Crippen MR) is 43.3 cm³/mol. The molecule has 0 bridgehead atoms. The van der Waals surface area contributed by atoms with Gasteiger partial charge >= 0.3 is 0 Å². The third-order valence-electron chi connectivity index (χ3n) is 1.88. The zero-order valence-corrected chi connectivity index (χ0v) is 6.88. The molecule has 1 saturated carbocycles. The maximum Gasteiger partial charge on any atom is 0.184 e. The standard InChI is InChI=1S/C9H14O2/c1-3-8(10)9(11-4-2)7-5-6-7/h3,7,9H,1,4-6H2,2H3. The Hall–Kier alpha value is -0.630. The molecule has 1 aliphatic carbocycles. The highest BCUT2D eigenvalue weighted by molar-refractivity contribution is 5.93. The molecule has 11 heavy (non-hydrogen) atoms. The van der Waals surface area contributed by atoms with Gasteiger partial charge in [-0.3, -0.25) is 4.79 Å². The molecule has 62 valence electrons. The van der Waals surface area contributed by atoms with E-state index < -0.39 is 0 Å².